The molecule has 0 radical (unpaired) electrons. The van der Waals surface area contributed by atoms with Crippen LogP contribution in [-0.2, 0) is 14.8 Å². The van der Waals surface area contributed by atoms with Crippen LogP contribution in [-0.4, -0.2) is 31.5 Å². The highest BCUT2D eigenvalue weighted by atomic mass is 32.2. The molecule has 30 heavy (non-hydrogen) atoms. The summed E-state index contributed by atoms with van der Waals surface area (Å²) in [5.74, 6) is -0.470. The average Bonchev–Trinajstić information content (AvgIpc) is 2.66. The fraction of sp³-hybridized carbons (Fsp3) is 0.381. The van der Waals surface area contributed by atoms with E-state index in [1.165, 1.54) is 18.2 Å². The van der Waals surface area contributed by atoms with Gasteiger partial charge in [-0.05, 0) is 44.4 Å². The number of carbonyl (C=O) groups excluding carboxylic acids is 1. The maximum absolute atomic E-state index is 13.1. The highest BCUT2D eigenvalue weighted by Gasteiger charge is 2.33. The number of carbonyl (C=O) groups is 1. The third kappa shape index (κ3) is 5.35. The number of benzene rings is 2. The zero-order valence-corrected chi connectivity index (χ0v) is 18.6. The van der Waals surface area contributed by atoms with Crippen molar-refractivity contribution in [2.45, 2.75) is 46.2 Å². The number of anilines is 1. The van der Waals surface area contributed by atoms with Gasteiger partial charge in [-0.1, -0.05) is 36.8 Å². The van der Waals surface area contributed by atoms with Crippen molar-refractivity contribution in [3.05, 3.63) is 69.3 Å². The molecule has 8 nitrogen and oxygen atoms in total. The Morgan fingerprint density at radius 2 is 1.87 bits per heavy atom. The lowest BCUT2D eigenvalue weighted by Gasteiger charge is -2.31. The number of sulfonamides is 1. The number of non-ortho nitro benzene ring substituents is 1. The number of nitro benzene ring substituents is 1. The molecule has 0 aromatic heterocycles. The Hall–Kier alpha value is -2.94. The van der Waals surface area contributed by atoms with Crippen LogP contribution in [0, 0.1) is 24.0 Å². The Morgan fingerprint density at radius 1 is 1.20 bits per heavy atom. The van der Waals surface area contributed by atoms with Gasteiger partial charge in [0.1, 0.15) is 6.04 Å². The van der Waals surface area contributed by atoms with E-state index >= 15 is 0 Å². The van der Waals surface area contributed by atoms with Crippen LogP contribution in [0.15, 0.2) is 42.5 Å². The minimum atomic E-state index is -3.88. The Morgan fingerprint density at radius 3 is 2.43 bits per heavy atom. The van der Waals surface area contributed by atoms with Crippen LogP contribution in [0.2, 0.25) is 0 Å². The summed E-state index contributed by atoms with van der Waals surface area (Å²) in [5.41, 5.74) is 2.84. The van der Waals surface area contributed by atoms with Crippen LogP contribution in [0.4, 0.5) is 11.4 Å². The maximum Gasteiger partial charge on any atom is 0.271 e. The number of hydrogen-bond acceptors (Lipinski definition) is 5. The second-order valence-electron chi connectivity index (χ2n) is 7.35. The molecule has 0 saturated heterocycles. The fourth-order valence-corrected chi connectivity index (χ4v) is 4.62. The molecule has 2 atom stereocenters. The Balaban J connectivity index is 2.40. The molecule has 0 fully saturated rings. The minimum Gasteiger partial charge on any atom is -0.348 e. The molecule has 0 aliphatic heterocycles. The van der Waals surface area contributed by atoms with E-state index in [-0.39, 0.29) is 23.8 Å². The van der Waals surface area contributed by atoms with Crippen LogP contribution in [0.1, 0.15) is 43.0 Å². The molecular formula is C21H27N3O5S. The van der Waals surface area contributed by atoms with E-state index in [9.17, 15) is 23.3 Å². The normalized spacial score (nSPS) is 13.4. The number of hydrogen-bond donors (Lipinski definition) is 1. The first-order valence-corrected chi connectivity index (χ1v) is 11.4. The number of nitro groups is 1. The van der Waals surface area contributed by atoms with Gasteiger partial charge in [0.15, 0.2) is 0 Å². The van der Waals surface area contributed by atoms with Crippen molar-refractivity contribution >= 4 is 27.3 Å². The van der Waals surface area contributed by atoms with E-state index in [1.54, 1.807) is 6.92 Å². The summed E-state index contributed by atoms with van der Waals surface area (Å²) in [6, 6.07) is 9.82. The van der Waals surface area contributed by atoms with Crippen molar-refractivity contribution in [1.29, 1.82) is 0 Å². The van der Waals surface area contributed by atoms with Gasteiger partial charge in [0.05, 0.1) is 22.9 Å². The molecule has 0 spiro atoms. The molecule has 0 heterocycles. The highest BCUT2D eigenvalue weighted by molar-refractivity contribution is 7.92. The van der Waals surface area contributed by atoms with Crippen molar-refractivity contribution in [3.63, 3.8) is 0 Å². The lowest BCUT2D eigenvalue weighted by Crippen LogP contribution is -2.49. The summed E-state index contributed by atoms with van der Waals surface area (Å²) in [4.78, 5) is 23.6. The first kappa shape index (κ1) is 23.3. The van der Waals surface area contributed by atoms with Gasteiger partial charge in [-0.2, -0.15) is 0 Å². The van der Waals surface area contributed by atoms with Gasteiger partial charge >= 0.3 is 0 Å². The van der Waals surface area contributed by atoms with E-state index in [0.717, 1.165) is 33.3 Å². The molecule has 0 bridgehead atoms. The summed E-state index contributed by atoms with van der Waals surface area (Å²) >= 11 is 0. The van der Waals surface area contributed by atoms with Crippen molar-refractivity contribution in [3.8, 4) is 0 Å². The van der Waals surface area contributed by atoms with Gasteiger partial charge in [-0.25, -0.2) is 8.42 Å². The van der Waals surface area contributed by atoms with Crippen LogP contribution in [0.3, 0.4) is 0 Å². The predicted molar refractivity (Wildman–Crippen MR) is 117 cm³/mol. The molecule has 0 aliphatic carbocycles. The maximum atomic E-state index is 13.1. The van der Waals surface area contributed by atoms with Crippen molar-refractivity contribution in [2.24, 2.45) is 0 Å². The van der Waals surface area contributed by atoms with Crippen molar-refractivity contribution in [2.75, 3.05) is 10.6 Å². The monoisotopic (exact) mass is 433 g/mol. The summed E-state index contributed by atoms with van der Waals surface area (Å²) in [6.45, 7) is 7.44. The Kier molecular flexibility index (Phi) is 7.20. The van der Waals surface area contributed by atoms with Gasteiger partial charge in [-0.15, -0.1) is 0 Å². The van der Waals surface area contributed by atoms with Crippen molar-refractivity contribution < 1.29 is 18.1 Å². The summed E-state index contributed by atoms with van der Waals surface area (Å²) in [6.07, 6.45) is 1.18. The summed E-state index contributed by atoms with van der Waals surface area (Å²) in [7, 11) is -3.88. The molecule has 9 heteroatoms. The molecule has 162 valence electrons. The molecule has 0 saturated carbocycles. The largest absolute Gasteiger partial charge is 0.348 e. The zero-order chi connectivity index (χ0) is 22.6. The fourth-order valence-electron chi connectivity index (χ4n) is 3.42. The lowest BCUT2D eigenvalue weighted by atomic mass is 9.99. The first-order chi connectivity index (χ1) is 14.0. The SMILES string of the molecule is CC[C@@H](C(=O)N[C@H](C)c1cc(C)ccc1C)N(c1cccc([N+](=O)[O-])c1)S(C)(=O)=O. The number of aryl methyl sites for hydroxylation is 2. The molecule has 2 aromatic carbocycles. The molecule has 1 amide bonds. The molecular weight excluding hydrogens is 406 g/mol. The second kappa shape index (κ2) is 9.25. The molecule has 0 aliphatic rings. The summed E-state index contributed by atoms with van der Waals surface area (Å²) in [5, 5.41) is 14.0. The van der Waals surface area contributed by atoms with Gasteiger partial charge in [-0.3, -0.25) is 19.2 Å². The average molecular weight is 434 g/mol. The molecule has 2 aromatic rings. The Bertz CT molecular complexity index is 1050. The smallest absolute Gasteiger partial charge is 0.271 e. The van der Waals surface area contributed by atoms with Gasteiger partial charge in [0, 0.05) is 12.1 Å². The van der Waals surface area contributed by atoms with Gasteiger partial charge in [0.2, 0.25) is 15.9 Å². The van der Waals surface area contributed by atoms with Crippen LogP contribution < -0.4 is 9.62 Å². The number of rotatable bonds is 8. The predicted octanol–water partition coefficient (Wildman–Crippen LogP) is 3.63. The lowest BCUT2D eigenvalue weighted by molar-refractivity contribution is -0.384. The highest BCUT2D eigenvalue weighted by Crippen LogP contribution is 2.27. The van der Waals surface area contributed by atoms with E-state index in [2.05, 4.69) is 5.32 Å². The molecule has 1 N–H and O–H groups in total. The third-order valence-corrected chi connectivity index (χ3v) is 6.06. The number of nitrogens with one attached hydrogen (secondary N) is 1. The number of nitrogens with zero attached hydrogens (tertiary/aromatic N) is 2. The van der Waals surface area contributed by atoms with Gasteiger partial charge < -0.3 is 5.32 Å². The van der Waals surface area contributed by atoms with E-state index in [4.69, 9.17) is 0 Å². The second-order valence-corrected chi connectivity index (χ2v) is 9.21. The van der Waals surface area contributed by atoms with Crippen LogP contribution in [0.25, 0.3) is 0 Å². The summed E-state index contributed by atoms with van der Waals surface area (Å²) < 4.78 is 26.0. The Labute approximate surface area is 177 Å². The van der Waals surface area contributed by atoms with Crippen LogP contribution >= 0.6 is 0 Å². The first-order valence-electron chi connectivity index (χ1n) is 9.57. The quantitative estimate of drug-likeness (QED) is 0.505. The topological polar surface area (TPSA) is 110 Å². The third-order valence-electron chi connectivity index (χ3n) is 4.88. The van der Waals surface area contributed by atoms with Crippen molar-refractivity contribution in [1.82, 2.24) is 5.32 Å². The molecule has 0 unspecified atom stereocenters. The number of amides is 1. The van der Waals surface area contributed by atoms with Crippen LogP contribution in [0.5, 0.6) is 0 Å². The van der Waals surface area contributed by atoms with E-state index in [0.29, 0.717) is 0 Å². The minimum absolute atomic E-state index is 0.0769. The molecule has 2 rings (SSSR count). The van der Waals surface area contributed by atoms with E-state index in [1.807, 2.05) is 39.0 Å². The van der Waals surface area contributed by atoms with Gasteiger partial charge in [0.25, 0.3) is 5.69 Å². The van der Waals surface area contributed by atoms with E-state index < -0.39 is 26.9 Å². The standard InChI is InChI=1S/C21H27N3O5S/c1-6-20(21(25)22-16(4)19-12-14(2)10-11-15(19)3)23(30(5,28)29)17-8-7-9-18(13-17)24(26)27/h7-13,16,20H,6H2,1-5H3,(H,22,25)/t16-,20+/m1/s1. The zero-order valence-electron chi connectivity index (χ0n) is 17.7.